The maximum Gasteiger partial charge on any atom is 0.406 e. The molecule has 36 heavy (non-hydrogen) atoms. The normalized spacial score (nSPS) is 21.9. The molecule has 2 fully saturated rings. The van der Waals surface area contributed by atoms with Gasteiger partial charge in [0.15, 0.2) is 0 Å². The SMILES string of the molecule is COC(=O)NCCOC(c1cc(Cl)ccc1C)C1CCCN(C(=O)NCC(N)CC2CCCOC2)C1. The number of hydrogen-bond acceptors (Lipinski definition) is 6. The molecule has 1 aromatic rings. The first-order chi connectivity index (χ1) is 17.4. The molecule has 0 aromatic heterocycles. The molecule has 4 N–H and O–H groups in total. The molecule has 0 aliphatic carbocycles. The molecule has 2 aliphatic heterocycles. The van der Waals surface area contributed by atoms with E-state index in [9.17, 15) is 9.59 Å². The van der Waals surface area contributed by atoms with Crippen molar-refractivity contribution in [1.29, 1.82) is 0 Å². The van der Waals surface area contributed by atoms with Gasteiger partial charge >= 0.3 is 12.1 Å². The van der Waals surface area contributed by atoms with E-state index >= 15 is 0 Å². The van der Waals surface area contributed by atoms with Crippen molar-refractivity contribution in [2.75, 3.05) is 53.1 Å². The molecular weight excluding hydrogens is 484 g/mol. The predicted molar refractivity (Wildman–Crippen MR) is 139 cm³/mol. The van der Waals surface area contributed by atoms with Gasteiger partial charge in [-0.15, -0.1) is 0 Å². The molecule has 0 bridgehead atoms. The third-order valence-corrected chi connectivity index (χ3v) is 7.22. The third kappa shape index (κ3) is 8.80. The van der Waals surface area contributed by atoms with Crippen LogP contribution in [-0.4, -0.2) is 76.2 Å². The van der Waals surface area contributed by atoms with Crippen LogP contribution in [0, 0.1) is 18.8 Å². The molecule has 0 spiro atoms. The van der Waals surface area contributed by atoms with Crippen molar-refractivity contribution < 1.29 is 23.8 Å². The van der Waals surface area contributed by atoms with E-state index in [-0.39, 0.29) is 24.1 Å². The highest BCUT2D eigenvalue weighted by Crippen LogP contribution is 2.35. The van der Waals surface area contributed by atoms with Crippen LogP contribution in [-0.2, 0) is 14.2 Å². The van der Waals surface area contributed by atoms with Crippen LogP contribution in [0.5, 0.6) is 0 Å². The Morgan fingerprint density at radius 3 is 2.86 bits per heavy atom. The summed E-state index contributed by atoms with van der Waals surface area (Å²) >= 11 is 6.32. The van der Waals surface area contributed by atoms with Crippen molar-refractivity contribution in [3.05, 3.63) is 34.3 Å². The minimum Gasteiger partial charge on any atom is -0.453 e. The molecule has 0 radical (unpaired) electrons. The summed E-state index contributed by atoms with van der Waals surface area (Å²) in [6, 6.07) is 5.59. The van der Waals surface area contributed by atoms with Gasteiger partial charge in [-0.05, 0) is 68.2 Å². The van der Waals surface area contributed by atoms with Crippen molar-refractivity contribution in [3.63, 3.8) is 0 Å². The fourth-order valence-electron chi connectivity index (χ4n) is 5.09. The van der Waals surface area contributed by atoms with Crippen molar-refractivity contribution >= 4 is 23.7 Å². The summed E-state index contributed by atoms with van der Waals surface area (Å²) in [5.74, 6) is 0.561. The van der Waals surface area contributed by atoms with Crippen molar-refractivity contribution in [2.45, 2.75) is 51.2 Å². The average Bonchev–Trinajstić information content (AvgIpc) is 2.89. The number of ether oxygens (including phenoxy) is 3. The lowest BCUT2D eigenvalue weighted by atomic mass is 9.86. The van der Waals surface area contributed by atoms with Gasteiger partial charge in [-0.25, -0.2) is 9.59 Å². The molecule has 3 rings (SSSR count). The Bertz CT molecular complexity index is 852. The number of halogens is 1. The monoisotopic (exact) mass is 524 g/mol. The molecule has 2 aliphatic rings. The van der Waals surface area contributed by atoms with E-state index in [0.29, 0.717) is 43.7 Å². The summed E-state index contributed by atoms with van der Waals surface area (Å²) in [7, 11) is 1.33. The van der Waals surface area contributed by atoms with Crippen LogP contribution >= 0.6 is 11.6 Å². The highest BCUT2D eigenvalue weighted by Gasteiger charge is 2.32. The van der Waals surface area contributed by atoms with Crippen LogP contribution in [0.4, 0.5) is 9.59 Å². The molecule has 0 saturated carbocycles. The quantitative estimate of drug-likeness (QED) is 0.403. The van der Waals surface area contributed by atoms with Gasteiger partial charge in [0.2, 0.25) is 0 Å². The molecule has 9 nitrogen and oxygen atoms in total. The Kier molecular flexibility index (Phi) is 11.6. The standard InChI is InChI=1S/C26H41ClN4O5/c1-18-7-8-21(27)14-23(18)24(36-12-9-29-26(33)34-2)20-6-3-10-31(16-20)25(32)30-15-22(28)13-19-5-4-11-35-17-19/h7-8,14,19-20,22,24H,3-6,9-13,15-17,28H2,1-2H3,(H,29,33)(H,30,32). The highest BCUT2D eigenvalue weighted by molar-refractivity contribution is 6.30. The van der Waals surface area contributed by atoms with Gasteiger partial charge in [-0.2, -0.15) is 0 Å². The van der Waals surface area contributed by atoms with Gasteiger partial charge in [0.25, 0.3) is 0 Å². The van der Waals surface area contributed by atoms with Crippen molar-refractivity contribution in [1.82, 2.24) is 15.5 Å². The number of rotatable bonds is 10. The van der Waals surface area contributed by atoms with E-state index in [2.05, 4.69) is 15.4 Å². The molecule has 4 unspecified atom stereocenters. The van der Waals surface area contributed by atoms with E-state index < -0.39 is 6.09 Å². The maximum absolute atomic E-state index is 13.0. The Morgan fingerprint density at radius 2 is 2.11 bits per heavy atom. The topological polar surface area (TPSA) is 115 Å². The van der Waals surface area contributed by atoms with Gasteiger partial charge in [-0.3, -0.25) is 0 Å². The van der Waals surface area contributed by atoms with Gasteiger partial charge < -0.3 is 35.5 Å². The Balaban J connectivity index is 1.58. The van der Waals surface area contributed by atoms with E-state index in [1.807, 2.05) is 30.0 Å². The van der Waals surface area contributed by atoms with E-state index in [1.54, 1.807) is 0 Å². The van der Waals surface area contributed by atoms with Crippen molar-refractivity contribution in [2.24, 2.45) is 17.6 Å². The minimum atomic E-state index is -0.496. The molecule has 1 aromatic carbocycles. The molecule has 2 saturated heterocycles. The molecule has 4 atom stereocenters. The zero-order valence-corrected chi connectivity index (χ0v) is 22.2. The summed E-state index contributed by atoms with van der Waals surface area (Å²) in [6.07, 6.45) is 4.11. The lowest BCUT2D eigenvalue weighted by molar-refractivity contribution is -0.00884. The number of hydrogen-bond donors (Lipinski definition) is 3. The molecular formula is C26H41ClN4O5. The first-order valence-electron chi connectivity index (χ1n) is 12.9. The molecule has 3 amide bonds. The third-order valence-electron chi connectivity index (χ3n) is 6.98. The summed E-state index contributed by atoms with van der Waals surface area (Å²) in [4.78, 5) is 26.2. The largest absolute Gasteiger partial charge is 0.453 e. The number of likely N-dealkylation sites (tertiary alicyclic amines) is 1. The van der Waals surface area contributed by atoms with Gasteiger partial charge in [0.05, 0.1) is 19.8 Å². The second-order valence-electron chi connectivity index (χ2n) is 9.82. The summed E-state index contributed by atoms with van der Waals surface area (Å²) in [5.41, 5.74) is 8.38. The second kappa shape index (κ2) is 14.6. The fraction of sp³-hybridized carbons (Fsp3) is 0.692. The average molecular weight is 525 g/mol. The van der Waals surface area contributed by atoms with Gasteiger partial charge in [-0.1, -0.05) is 17.7 Å². The van der Waals surface area contributed by atoms with Gasteiger partial charge in [0, 0.05) is 56.4 Å². The first kappa shape index (κ1) is 28.5. The van der Waals surface area contributed by atoms with Crippen molar-refractivity contribution in [3.8, 4) is 0 Å². The van der Waals surface area contributed by atoms with Gasteiger partial charge in [0.1, 0.15) is 0 Å². The molecule has 202 valence electrons. The fourth-order valence-corrected chi connectivity index (χ4v) is 5.27. The molecule has 10 heteroatoms. The number of nitrogens with one attached hydrogen (secondary N) is 2. The van der Waals surface area contributed by atoms with Crippen LogP contribution in [0.15, 0.2) is 18.2 Å². The zero-order chi connectivity index (χ0) is 25.9. The van der Waals surface area contributed by atoms with E-state index in [0.717, 1.165) is 56.4 Å². The number of nitrogens with two attached hydrogens (primary N) is 1. The number of alkyl carbamates (subject to hydrolysis) is 1. The second-order valence-corrected chi connectivity index (χ2v) is 10.3. The number of aryl methyl sites for hydroxylation is 1. The smallest absolute Gasteiger partial charge is 0.406 e. The van der Waals surface area contributed by atoms with Crippen LogP contribution < -0.4 is 16.4 Å². The number of carbonyl (C=O) groups excluding carboxylic acids is 2. The Hall–Kier alpha value is -2.07. The first-order valence-corrected chi connectivity index (χ1v) is 13.3. The lowest BCUT2D eigenvalue weighted by Crippen LogP contribution is -2.49. The van der Waals surface area contributed by atoms with E-state index in [1.165, 1.54) is 7.11 Å². The summed E-state index contributed by atoms with van der Waals surface area (Å²) < 4.78 is 16.5. The minimum absolute atomic E-state index is 0.0891. The van der Waals surface area contributed by atoms with Crippen LogP contribution in [0.25, 0.3) is 0 Å². The number of amides is 3. The number of piperidine rings is 1. The number of benzene rings is 1. The number of carbonyl (C=O) groups is 2. The van der Waals surface area contributed by atoms with Crippen LogP contribution in [0.2, 0.25) is 5.02 Å². The lowest BCUT2D eigenvalue weighted by Gasteiger charge is -2.37. The molecule has 2 heterocycles. The Labute approximate surface area is 219 Å². The predicted octanol–water partition coefficient (Wildman–Crippen LogP) is 3.63. The maximum atomic E-state index is 13.0. The number of methoxy groups -OCH3 is 1. The summed E-state index contributed by atoms with van der Waals surface area (Å²) in [6.45, 7) is 5.97. The number of nitrogens with zero attached hydrogens (tertiary/aromatic N) is 1. The summed E-state index contributed by atoms with van der Waals surface area (Å²) in [5, 5.41) is 6.31. The van der Waals surface area contributed by atoms with Crippen LogP contribution in [0.3, 0.4) is 0 Å². The van der Waals surface area contributed by atoms with Crippen LogP contribution in [0.1, 0.15) is 49.3 Å². The Morgan fingerprint density at radius 1 is 1.28 bits per heavy atom. The highest BCUT2D eigenvalue weighted by atomic mass is 35.5. The zero-order valence-electron chi connectivity index (χ0n) is 21.5. The number of urea groups is 1. The van der Waals surface area contributed by atoms with E-state index in [4.69, 9.17) is 26.8 Å².